The van der Waals surface area contributed by atoms with Gasteiger partial charge in [-0.25, -0.2) is 0 Å². The average Bonchev–Trinajstić information content (AvgIpc) is 2.14. The van der Waals surface area contributed by atoms with Gasteiger partial charge in [-0.15, -0.1) is 0 Å². The summed E-state index contributed by atoms with van der Waals surface area (Å²) in [5, 5.41) is 0. The molecule has 0 rings (SSSR count). The first-order valence-corrected chi connectivity index (χ1v) is 5.23. The maximum absolute atomic E-state index is 11.0. The minimum atomic E-state index is 0.189. The minimum Gasteiger partial charge on any atom is -0.300 e. The molecule has 0 fully saturated rings. The first-order valence-electron chi connectivity index (χ1n) is 5.23. The lowest BCUT2D eigenvalue weighted by atomic mass is 10.1. The highest BCUT2D eigenvalue weighted by Gasteiger charge is 1.98. The molecule has 14 heavy (non-hydrogen) atoms. The van der Waals surface area contributed by atoms with Crippen molar-refractivity contribution < 1.29 is 9.59 Å². The topological polar surface area (TPSA) is 34.1 Å². The van der Waals surface area contributed by atoms with Crippen molar-refractivity contribution in [1.29, 1.82) is 0 Å². The SMILES string of the molecule is CCC(=O)CCC/C(C)=C/CC(C)=O. The number of rotatable bonds is 7. The fourth-order valence-corrected chi connectivity index (χ4v) is 1.16. The third kappa shape index (κ3) is 7.71. The molecule has 0 radical (unpaired) electrons. The molecular formula is C12H20O2. The Hall–Kier alpha value is -0.920. The Morgan fingerprint density at radius 2 is 1.79 bits per heavy atom. The summed E-state index contributed by atoms with van der Waals surface area (Å²) in [6.07, 6.45) is 5.62. The molecule has 0 atom stereocenters. The van der Waals surface area contributed by atoms with Gasteiger partial charge in [0, 0.05) is 19.3 Å². The predicted octanol–water partition coefficient (Wildman–Crippen LogP) is 3.06. The smallest absolute Gasteiger partial charge is 0.133 e. The molecule has 0 saturated carbocycles. The quantitative estimate of drug-likeness (QED) is 0.586. The molecule has 0 N–H and O–H groups in total. The van der Waals surface area contributed by atoms with E-state index in [1.807, 2.05) is 19.9 Å². The van der Waals surface area contributed by atoms with Gasteiger partial charge in [-0.2, -0.15) is 0 Å². The summed E-state index contributed by atoms with van der Waals surface area (Å²) in [4.78, 5) is 21.7. The summed E-state index contributed by atoms with van der Waals surface area (Å²) in [5.41, 5.74) is 1.21. The van der Waals surface area contributed by atoms with Crippen molar-refractivity contribution in [2.24, 2.45) is 0 Å². The van der Waals surface area contributed by atoms with E-state index in [-0.39, 0.29) is 5.78 Å². The zero-order valence-corrected chi connectivity index (χ0v) is 9.43. The van der Waals surface area contributed by atoms with Crippen LogP contribution in [-0.4, -0.2) is 11.6 Å². The van der Waals surface area contributed by atoms with Gasteiger partial charge in [-0.3, -0.25) is 9.59 Å². The Morgan fingerprint density at radius 1 is 1.14 bits per heavy atom. The van der Waals surface area contributed by atoms with Gasteiger partial charge in [0.2, 0.25) is 0 Å². The van der Waals surface area contributed by atoms with Crippen LogP contribution in [0.3, 0.4) is 0 Å². The molecule has 0 saturated heterocycles. The molecule has 0 spiro atoms. The molecule has 0 amide bonds. The molecule has 0 bridgehead atoms. The third-order valence-corrected chi connectivity index (χ3v) is 2.16. The van der Waals surface area contributed by atoms with Gasteiger partial charge in [-0.1, -0.05) is 18.6 Å². The summed E-state index contributed by atoms with van der Waals surface area (Å²) in [7, 11) is 0. The second-order valence-corrected chi connectivity index (χ2v) is 3.70. The van der Waals surface area contributed by atoms with E-state index in [1.54, 1.807) is 6.92 Å². The maximum Gasteiger partial charge on any atom is 0.133 e. The second-order valence-electron chi connectivity index (χ2n) is 3.70. The number of ketones is 2. The summed E-state index contributed by atoms with van der Waals surface area (Å²) in [5.74, 6) is 0.512. The number of hydrogen-bond acceptors (Lipinski definition) is 2. The van der Waals surface area contributed by atoms with Crippen molar-refractivity contribution in [3.05, 3.63) is 11.6 Å². The van der Waals surface area contributed by atoms with Crippen LogP contribution < -0.4 is 0 Å². The van der Waals surface area contributed by atoms with Gasteiger partial charge >= 0.3 is 0 Å². The number of carbonyl (C=O) groups is 2. The van der Waals surface area contributed by atoms with Crippen molar-refractivity contribution in [2.45, 2.75) is 52.9 Å². The van der Waals surface area contributed by atoms with Crippen LogP contribution in [0.15, 0.2) is 11.6 Å². The number of Topliss-reactive ketones (excluding diaryl/α,β-unsaturated/α-hetero) is 2. The van der Waals surface area contributed by atoms with Crippen LogP contribution >= 0.6 is 0 Å². The number of carbonyl (C=O) groups excluding carboxylic acids is 2. The average molecular weight is 196 g/mol. The maximum atomic E-state index is 11.0. The highest BCUT2D eigenvalue weighted by atomic mass is 16.1. The molecule has 0 aromatic carbocycles. The van der Waals surface area contributed by atoms with E-state index in [1.165, 1.54) is 5.57 Å². The molecule has 0 aliphatic rings. The fraction of sp³-hybridized carbons (Fsp3) is 0.667. The van der Waals surface area contributed by atoms with Crippen LogP contribution in [-0.2, 0) is 9.59 Å². The van der Waals surface area contributed by atoms with Gasteiger partial charge in [0.05, 0.1) is 0 Å². The lowest BCUT2D eigenvalue weighted by molar-refractivity contribution is -0.119. The van der Waals surface area contributed by atoms with Crippen molar-refractivity contribution in [3.8, 4) is 0 Å². The van der Waals surface area contributed by atoms with Gasteiger partial charge in [0.1, 0.15) is 11.6 Å². The molecule has 0 unspecified atom stereocenters. The van der Waals surface area contributed by atoms with Crippen LogP contribution in [0.2, 0.25) is 0 Å². The van der Waals surface area contributed by atoms with Crippen molar-refractivity contribution >= 4 is 11.6 Å². The Labute approximate surface area is 86.4 Å². The third-order valence-electron chi connectivity index (χ3n) is 2.16. The van der Waals surface area contributed by atoms with Crippen molar-refractivity contribution in [1.82, 2.24) is 0 Å². The van der Waals surface area contributed by atoms with E-state index in [4.69, 9.17) is 0 Å². The summed E-state index contributed by atoms with van der Waals surface area (Å²) in [6, 6.07) is 0. The van der Waals surface area contributed by atoms with Crippen LogP contribution in [0.1, 0.15) is 52.9 Å². The fourth-order valence-electron chi connectivity index (χ4n) is 1.16. The molecule has 0 aromatic rings. The molecule has 2 nitrogen and oxygen atoms in total. The highest BCUT2D eigenvalue weighted by molar-refractivity contribution is 5.78. The van der Waals surface area contributed by atoms with Crippen molar-refractivity contribution in [2.75, 3.05) is 0 Å². The molecule has 0 aliphatic carbocycles. The second kappa shape index (κ2) is 7.48. The standard InChI is InChI=1S/C12H20O2/c1-4-12(14)7-5-6-10(2)8-9-11(3)13/h8H,4-7,9H2,1-3H3/b10-8+. The molecule has 80 valence electrons. The number of hydrogen-bond donors (Lipinski definition) is 0. The first-order chi connectivity index (χ1) is 6.56. The zero-order valence-electron chi connectivity index (χ0n) is 9.43. The Kier molecular flexibility index (Phi) is 6.99. The predicted molar refractivity (Wildman–Crippen MR) is 58.2 cm³/mol. The summed E-state index contributed by atoms with van der Waals surface area (Å²) in [6.45, 7) is 5.49. The van der Waals surface area contributed by atoms with Gasteiger partial charge in [0.25, 0.3) is 0 Å². The molecule has 0 aromatic heterocycles. The van der Waals surface area contributed by atoms with Gasteiger partial charge < -0.3 is 0 Å². The molecule has 0 heterocycles. The normalized spacial score (nSPS) is 11.5. The molecular weight excluding hydrogens is 176 g/mol. The van der Waals surface area contributed by atoms with Gasteiger partial charge in [-0.05, 0) is 26.7 Å². The largest absolute Gasteiger partial charge is 0.300 e. The van der Waals surface area contributed by atoms with E-state index >= 15 is 0 Å². The minimum absolute atomic E-state index is 0.189. The van der Waals surface area contributed by atoms with E-state index in [9.17, 15) is 9.59 Å². The van der Waals surface area contributed by atoms with Crippen LogP contribution in [0.4, 0.5) is 0 Å². The first kappa shape index (κ1) is 13.1. The van der Waals surface area contributed by atoms with Crippen LogP contribution in [0.5, 0.6) is 0 Å². The summed E-state index contributed by atoms with van der Waals surface area (Å²) >= 11 is 0. The Balaban J connectivity index is 3.62. The van der Waals surface area contributed by atoms with Crippen molar-refractivity contribution in [3.63, 3.8) is 0 Å². The molecule has 2 heteroatoms. The lowest BCUT2D eigenvalue weighted by Gasteiger charge is -2.00. The Bertz CT molecular complexity index is 226. The highest BCUT2D eigenvalue weighted by Crippen LogP contribution is 2.08. The van der Waals surface area contributed by atoms with E-state index in [2.05, 4.69) is 0 Å². The Morgan fingerprint density at radius 3 is 2.29 bits per heavy atom. The van der Waals surface area contributed by atoms with E-state index in [0.29, 0.717) is 25.0 Å². The van der Waals surface area contributed by atoms with Crippen LogP contribution in [0.25, 0.3) is 0 Å². The van der Waals surface area contributed by atoms with E-state index < -0.39 is 0 Å². The van der Waals surface area contributed by atoms with E-state index in [0.717, 1.165) is 12.8 Å². The molecule has 0 aliphatic heterocycles. The zero-order chi connectivity index (χ0) is 11.0. The van der Waals surface area contributed by atoms with Gasteiger partial charge in [0.15, 0.2) is 0 Å². The summed E-state index contributed by atoms with van der Waals surface area (Å²) < 4.78 is 0. The lowest BCUT2D eigenvalue weighted by Crippen LogP contribution is -1.94. The monoisotopic (exact) mass is 196 g/mol. The number of allylic oxidation sites excluding steroid dienone is 2. The van der Waals surface area contributed by atoms with Crippen LogP contribution in [0, 0.1) is 0 Å².